The molecule has 1 unspecified atom stereocenters. The number of carbonyl (C=O) groups excluding carboxylic acids is 1. The van der Waals surface area contributed by atoms with Gasteiger partial charge in [-0.05, 0) is 39.5 Å². The molecule has 1 aliphatic rings. The van der Waals surface area contributed by atoms with Gasteiger partial charge >= 0.3 is 0 Å². The zero-order valence-electron chi connectivity index (χ0n) is 8.87. The standard InChI is InChI=1S/C10H19NO2/c1-7(8-5-6-8)11(4)9(12)10(2,3)13/h7-8,13H,5-6H2,1-4H3. The van der Waals surface area contributed by atoms with Gasteiger partial charge in [0.25, 0.3) is 5.91 Å². The summed E-state index contributed by atoms with van der Waals surface area (Å²) in [5.74, 6) is 0.461. The van der Waals surface area contributed by atoms with Crippen LogP contribution in [0.5, 0.6) is 0 Å². The molecule has 0 bridgehead atoms. The van der Waals surface area contributed by atoms with Crippen LogP contribution in [-0.2, 0) is 4.79 Å². The fraction of sp³-hybridized carbons (Fsp3) is 0.900. The van der Waals surface area contributed by atoms with Gasteiger partial charge in [-0.3, -0.25) is 4.79 Å². The first-order chi connectivity index (χ1) is 5.84. The van der Waals surface area contributed by atoms with Gasteiger partial charge in [0.15, 0.2) is 0 Å². The summed E-state index contributed by atoms with van der Waals surface area (Å²) in [6.07, 6.45) is 2.43. The minimum Gasteiger partial charge on any atom is -0.381 e. The fourth-order valence-corrected chi connectivity index (χ4v) is 1.51. The molecule has 1 atom stereocenters. The lowest BCUT2D eigenvalue weighted by atomic mass is 10.1. The molecule has 0 heterocycles. The Morgan fingerprint density at radius 3 is 2.31 bits per heavy atom. The number of hydrogen-bond donors (Lipinski definition) is 1. The highest BCUT2D eigenvalue weighted by Gasteiger charge is 2.36. The third kappa shape index (κ3) is 2.44. The zero-order chi connectivity index (χ0) is 10.2. The minimum absolute atomic E-state index is 0.188. The van der Waals surface area contributed by atoms with Gasteiger partial charge in [-0.2, -0.15) is 0 Å². The van der Waals surface area contributed by atoms with Crippen molar-refractivity contribution in [1.82, 2.24) is 4.90 Å². The highest BCUT2D eigenvalue weighted by molar-refractivity contribution is 5.84. The second-order valence-corrected chi connectivity index (χ2v) is 4.55. The zero-order valence-corrected chi connectivity index (χ0v) is 8.87. The van der Waals surface area contributed by atoms with E-state index in [-0.39, 0.29) is 11.9 Å². The van der Waals surface area contributed by atoms with Gasteiger partial charge in [0.05, 0.1) is 0 Å². The van der Waals surface area contributed by atoms with Gasteiger partial charge in [0, 0.05) is 13.1 Å². The van der Waals surface area contributed by atoms with Gasteiger partial charge in [-0.1, -0.05) is 0 Å². The average molecular weight is 185 g/mol. The number of hydrogen-bond acceptors (Lipinski definition) is 2. The molecule has 0 aromatic heterocycles. The molecule has 1 aliphatic carbocycles. The number of nitrogens with zero attached hydrogens (tertiary/aromatic N) is 1. The Hall–Kier alpha value is -0.570. The van der Waals surface area contributed by atoms with Crippen molar-refractivity contribution in [2.24, 2.45) is 5.92 Å². The van der Waals surface area contributed by atoms with Crippen molar-refractivity contribution in [3.05, 3.63) is 0 Å². The van der Waals surface area contributed by atoms with Crippen molar-refractivity contribution in [1.29, 1.82) is 0 Å². The van der Waals surface area contributed by atoms with Gasteiger partial charge in [-0.25, -0.2) is 0 Å². The van der Waals surface area contributed by atoms with E-state index < -0.39 is 5.60 Å². The monoisotopic (exact) mass is 185 g/mol. The molecular formula is C10H19NO2. The Labute approximate surface area is 79.7 Å². The molecule has 0 aromatic rings. The van der Waals surface area contributed by atoms with Crippen molar-refractivity contribution in [3.8, 4) is 0 Å². The predicted octanol–water partition coefficient (Wildman–Crippen LogP) is 1.01. The Bertz CT molecular complexity index is 203. The molecule has 1 amide bonds. The van der Waals surface area contributed by atoms with Crippen molar-refractivity contribution < 1.29 is 9.90 Å². The molecule has 76 valence electrons. The average Bonchev–Trinajstić information content (AvgIpc) is 2.81. The van der Waals surface area contributed by atoms with Crippen LogP contribution < -0.4 is 0 Å². The van der Waals surface area contributed by atoms with Gasteiger partial charge < -0.3 is 10.0 Å². The molecule has 3 nitrogen and oxygen atoms in total. The molecule has 0 spiro atoms. The molecule has 1 N–H and O–H groups in total. The van der Waals surface area contributed by atoms with E-state index in [1.165, 1.54) is 26.7 Å². The number of carbonyl (C=O) groups is 1. The second-order valence-electron chi connectivity index (χ2n) is 4.55. The SMILES string of the molecule is CC(C1CC1)N(C)C(=O)C(C)(C)O. The summed E-state index contributed by atoms with van der Waals surface area (Å²) >= 11 is 0. The minimum atomic E-state index is -1.24. The van der Waals surface area contributed by atoms with E-state index in [0.717, 1.165) is 0 Å². The van der Waals surface area contributed by atoms with Crippen LogP contribution in [-0.4, -0.2) is 34.6 Å². The number of likely N-dealkylation sites (N-methyl/N-ethyl adjacent to an activating group) is 1. The van der Waals surface area contributed by atoms with Crippen molar-refractivity contribution in [3.63, 3.8) is 0 Å². The van der Waals surface area contributed by atoms with E-state index in [4.69, 9.17) is 0 Å². The van der Waals surface area contributed by atoms with Crippen LogP contribution in [0, 0.1) is 5.92 Å². The lowest BCUT2D eigenvalue weighted by molar-refractivity contribution is -0.148. The highest BCUT2D eigenvalue weighted by Crippen LogP contribution is 2.35. The molecule has 1 fully saturated rings. The third-order valence-corrected chi connectivity index (χ3v) is 2.76. The summed E-state index contributed by atoms with van der Waals surface area (Å²) in [7, 11) is 1.77. The lowest BCUT2D eigenvalue weighted by Gasteiger charge is -2.30. The molecule has 13 heavy (non-hydrogen) atoms. The number of rotatable bonds is 3. The van der Waals surface area contributed by atoms with Gasteiger partial charge in [0.2, 0.25) is 0 Å². The summed E-state index contributed by atoms with van der Waals surface area (Å²) in [6.45, 7) is 5.11. The molecular weight excluding hydrogens is 166 g/mol. The van der Waals surface area contributed by atoms with E-state index in [1.54, 1.807) is 11.9 Å². The Kier molecular flexibility index (Phi) is 2.66. The maximum Gasteiger partial charge on any atom is 0.253 e. The molecule has 0 radical (unpaired) electrons. The largest absolute Gasteiger partial charge is 0.381 e. The van der Waals surface area contributed by atoms with E-state index in [2.05, 4.69) is 0 Å². The van der Waals surface area contributed by atoms with Crippen LogP contribution in [0.3, 0.4) is 0 Å². The first kappa shape index (κ1) is 10.5. The fourth-order valence-electron chi connectivity index (χ4n) is 1.51. The maximum atomic E-state index is 11.6. The quantitative estimate of drug-likeness (QED) is 0.713. The van der Waals surface area contributed by atoms with Crippen LogP contribution in [0.2, 0.25) is 0 Å². The van der Waals surface area contributed by atoms with E-state index >= 15 is 0 Å². The molecule has 0 aliphatic heterocycles. The van der Waals surface area contributed by atoms with Crippen molar-refractivity contribution in [2.75, 3.05) is 7.05 Å². The Morgan fingerprint density at radius 2 is 2.00 bits per heavy atom. The van der Waals surface area contributed by atoms with Crippen molar-refractivity contribution in [2.45, 2.75) is 45.3 Å². The van der Waals surface area contributed by atoms with Gasteiger partial charge in [0.1, 0.15) is 5.60 Å². The molecule has 1 saturated carbocycles. The van der Waals surface area contributed by atoms with Crippen LogP contribution in [0.1, 0.15) is 33.6 Å². The topological polar surface area (TPSA) is 40.5 Å². The number of amides is 1. The molecule has 1 rings (SSSR count). The van der Waals surface area contributed by atoms with Crippen molar-refractivity contribution >= 4 is 5.91 Å². The summed E-state index contributed by atoms with van der Waals surface area (Å²) < 4.78 is 0. The summed E-state index contributed by atoms with van der Waals surface area (Å²) in [4.78, 5) is 13.3. The molecule has 3 heteroatoms. The lowest BCUT2D eigenvalue weighted by Crippen LogP contribution is -2.47. The summed E-state index contributed by atoms with van der Waals surface area (Å²) in [5.41, 5.74) is -1.24. The number of aliphatic hydroxyl groups is 1. The Balaban J connectivity index is 2.55. The second kappa shape index (κ2) is 3.29. The van der Waals surface area contributed by atoms with Crippen LogP contribution in [0.15, 0.2) is 0 Å². The van der Waals surface area contributed by atoms with E-state index in [1.807, 2.05) is 6.92 Å². The smallest absolute Gasteiger partial charge is 0.253 e. The van der Waals surface area contributed by atoms with E-state index in [0.29, 0.717) is 5.92 Å². The third-order valence-electron chi connectivity index (χ3n) is 2.76. The first-order valence-corrected chi connectivity index (χ1v) is 4.83. The predicted molar refractivity (Wildman–Crippen MR) is 51.3 cm³/mol. The summed E-state index contributed by atoms with van der Waals surface area (Å²) in [6, 6.07) is 0.263. The van der Waals surface area contributed by atoms with E-state index in [9.17, 15) is 9.90 Å². The molecule has 0 saturated heterocycles. The highest BCUT2D eigenvalue weighted by atomic mass is 16.3. The first-order valence-electron chi connectivity index (χ1n) is 4.83. The van der Waals surface area contributed by atoms with Gasteiger partial charge in [-0.15, -0.1) is 0 Å². The Morgan fingerprint density at radius 1 is 1.54 bits per heavy atom. The maximum absolute atomic E-state index is 11.6. The van der Waals surface area contributed by atoms with Crippen LogP contribution in [0.4, 0.5) is 0 Å². The summed E-state index contributed by atoms with van der Waals surface area (Å²) in [5, 5.41) is 9.52. The normalized spacial score (nSPS) is 19.8. The molecule has 0 aromatic carbocycles. The van der Waals surface area contributed by atoms with Crippen LogP contribution >= 0.6 is 0 Å². The van der Waals surface area contributed by atoms with Crippen LogP contribution in [0.25, 0.3) is 0 Å².